The van der Waals surface area contributed by atoms with Gasteiger partial charge in [-0.15, -0.1) is 0 Å². The number of hydrogen-bond acceptors (Lipinski definition) is 8. The fraction of sp³-hybridized carbons (Fsp3) is 0.400. The van der Waals surface area contributed by atoms with Crippen LogP contribution in [0.25, 0.3) is 10.9 Å². The van der Waals surface area contributed by atoms with Crippen LogP contribution in [0.15, 0.2) is 42.5 Å². The Morgan fingerprint density at radius 3 is 2.57 bits per heavy atom. The Morgan fingerprint density at radius 1 is 1.14 bits per heavy atom. The molecule has 1 aliphatic heterocycles. The van der Waals surface area contributed by atoms with E-state index in [4.69, 9.17) is 19.9 Å². The minimum atomic E-state index is -0.869. The van der Waals surface area contributed by atoms with Crippen LogP contribution in [0, 0.1) is 0 Å². The Morgan fingerprint density at radius 2 is 1.89 bits per heavy atom. The van der Waals surface area contributed by atoms with Gasteiger partial charge in [0.05, 0.1) is 34.0 Å². The molecule has 0 aliphatic carbocycles. The number of rotatable bonds is 9. The van der Waals surface area contributed by atoms with Crippen LogP contribution in [-0.4, -0.2) is 79.7 Å². The first-order valence-corrected chi connectivity index (χ1v) is 11.6. The summed E-state index contributed by atoms with van der Waals surface area (Å²) in [5.41, 5.74) is 8.30. The number of nitrogens with zero attached hydrogens (tertiary/aromatic N) is 3. The van der Waals surface area contributed by atoms with Gasteiger partial charge < -0.3 is 25.3 Å². The van der Waals surface area contributed by atoms with Gasteiger partial charge in [-0.25, -0.2) is 4.79 Å². The lowest BCUT2D eigenvalue weighted by molar-refractivity contribution is -0.142. The Labute approximate surface area is 203 Å². The number of morpholine rings is 1. The summed E-state index contributed by atoms with van der Waals surface area (Å²) in [6.45, 7) is 4.38. The van der Waals surface area contributed by atoms with Gasteiger partial charge >= 0.3 is 5.97 Å². The van der Waals surface area contributed by atoms with Crippen LogP contribution in [0.1, 0.15) is 16.1 Å². The van der Waals surface area contributed by atoms with E-state index in [1.165, 1.54) is 7.11 Å². The van der Waals surface area contributed by atoms with E-state index >= 15 is 0 Å². The number of aromatic nitrogens is 2. The maximum Gasteiger partial charge on any atom is 0.328 e. The second-order valence-electron chi connectivity index (χ2n) is 8.38. The number of methoxy groups -OCH3 is 2. The SMILES string of the molecule is COC(=O)C(Cc1ccccc1)NC(=O)c1nn(CCN2CCOCC2)c2c(OC)cc(N)cc12. The average Bonchev–Trinajstić information content (AvgIpc) is 3.25. The van der Waals surface area contributed by atoms with Crippen LogP contribution in [-0.2, 0) is 27.2 Å². The zero-order valence-electron chi connectivity index (χ0n) is 20.0. The molecule has 1 unspecified atom stereocenters. The summed E-state index contributed by atoms with van der Waals surface area (Å²) in [6.07, 6.45) is 0.292. The molecule has 0 spiro atoms. The number of nitrogens with one attached hydrogen (secondary N) is 1. The van der Waals surface area contributed by atoms with Crippen LogP contribution < -0.4 is 15.8 Å². The quantitative estimate of drug-likeness (QED) is 0.348. The Bertz CT molecular complexity index is 1170. The van der Waals surface area contributed by atoms with Crippen LogP contribution >= 0.6 is 0 Å². The number of nitrogen functional groups attached to an aromatic ring is 1. The van der Waals surface area contributed by atoms with Crippen molar-refractivity contribution in [2.45, 2.75) is 19.0 Å². The van der Waals surface area contributed by atoms with Crippen LogP contribution in [0.3, 0.4) is 0 Å². The fourth-order valence-corrected chi connectivity index (χ4v) is 4.26. The Hall–Kier alpha value is -3.63. The molecule has 1 aliphatic rings. The molecule has 1 atom stereocenters. The molecule has 1 amide bonds. The molecule has 3 aromatic rings. The van der Waals surface area contributed by atoms with Gasteiger partial charge in [-0.05, 0) is 11.6 Å². The number of carbonyl (C=O) groups is 2. The van der Waals surface area contributed by atoms with E-state index in [0.717, 1.165) is 25.2 Å². The Balaban J connectivity index is 1.63. The van der Waals surface area contributed by atoms with Crippen molar-refractivity contribution in [3.05, 3.63) is 53.7 Å². The number of fused-ring (bicyclic) bond motifs is 1. The second kappa shape index (κ2) is 11.2. The van der Waals surface area contributed by atoms with Gasteiger partial charge in [0, 0.05) is 43.2 Å². The monoisotopic (exact) mass is 481 g/mol. The number of ether oxygens (including phenoxy) is 3. The predicted molar refractivity (Wildman–Crippen MR) is 131 cm³/mol. The van der Waals surface area contributed by atoms with E-state index in [9.17, 15) is 9.59 Å². The number of esters is 1. The minimum Gasteiger partial charge on any atom is -0.494 e. The average molecular weight is 482 g/mol. The molecule has 1 aromatic heterocycles. The van der Waals surface area contributed by atoms with Crippen molar-refractivity contribution in [3.8, 4) is 5.75 Å². The summed E-state index contributed by atoms with van der Waals surface area (Å²) in [5.74, 6) is -0.489. The normalized spacial score (nSPS) is 15.0. The van der Waals surface area contributed by atoms with E-state index in [2.05, 4.69) is 15.3 Å². The van der Waals surface area contributed by atoms with E-state index in [-0.39, 0.29) is 5.69 Å². The number of hydrogen-bond donors (Lipinski definition) is 2. The van der Waals surface area contributed by atoms with Crippen molar-refractivity contribution in [1.82, 2.24) is 20.0 Å². The largest absolute Gasteiger partial charge is 0.494 e. The highest BCUT2D eigenvalue weighted by molar-refractivity contribution is 6.08. The molecule has 10 nitrogen and oxygen atoms in total. The van der Waals surface area contributed by atoms with E-state index in [1.54, 1.807) is 23.9 Å². The van der Waals surface area contributed by atoms with Gasteiger partial charge in [0.25, 0.3) is 5.91 Å². The molecule has 2 aromatic carbocycles. The van der Waals surface area contributed by atoms with Crippen LogP contribution in [0.2, 0.25) is 0 Å². The summed E-state index contributed by atoms with van der Waals surface area (Å²) >= 11 is 0. The number of carbonyl (C=O) groups excluding carboxylic acids is 2. The van der Waals surface area contributed by atoms with E-state index in [1.807, 2.05) is 30.3 Å². The lowest BCUT2D eigenvalue weighted by Gasteiger charge is -2.26. The van der Waals surface area contributed by atoms with Gasteiger partial charge in [0.2, 0.25) is 0 Å². The van der Waals surface area contributed by atoms with Crippen molar-refractivity contribution in [3.63, 3.8) is 0 Å². The molecule has 3 N–H and O–H groups in total. The molecule has 0 saturated carbocycles. The maximum absolute atomic E-state index is 13.4. The highest BCUT2D eigenvalue weighted by Crippen LogP contribution is 2.31. The first-order valence-electron chi connectivity index (χ1n) is 11.6. The molecule has 35 heavy (non-hydrogen) atoms. The van der Waals surface area contributed by atoms with Gasteiger partial charge in [0.15, 0.2) is 5.69 Å². The molecular formula is C25H31N5O5. The Kier molecular flexibility index (Phi) is 7.84. The summed E-state index contributed by atoms with van der Waals surface area (Å²) in [4.78, 5) is 28.2. The molecule has 0 radical (unpaired) electrons. The number of anilines is 1. The van der Waals surface area contributed by atoms with Gasteiger partial charge in [-0.3, -0.25) is 14.4 Å². The molecule has 1 fully saturated rings. The highest BCUT2D eigenvalue weighted by Gasteiger charge is 2.27. The fourth-order valence-electron chi connectivity index (χ4n) is 4.26. The van der Waals surface area contributed by atoms with Gasteiger partial charge in [-0.1, -0.05) is 30.3 Å². The third-order valence-electron chi connectivity index (χ3n) is 6.07. The topological polar surface area (TPSA) is 121 Å². The van der Waals surface area contributed by atoms with E-state index in [0.29, 0.717) is 48.5 Å². The van der Waals surface area contributed by atoms with Crippen molar-refractivity contribution in [1.29, 1.82) is 0 Å². The zero-order valence-corrected chi connectivity index (χ0v) is 20.0. The third kappa shape index (κ3) is 5.72. The molecule has 4 rings (SSSR count). The minimum absolute atomic E-state index is 0.176. The predicted octanol–water partition coefficient (Wildman–Crippen LogP) is 1.47. The number of benzene rings is 2. The molecule has 0 bridgehead atoms. The maximum atomic E-state index is 13.4. The van der Waals surface area contributed by atoms with Crippen molar-refractivity contribution < 1.29 is 23.8 Å². The lowest BCUT2D eigenvalue weighted by Crippen LogP contribution is -2.43. The van der Waals surface area contributed by atoms with Gasteiger partial charge in [0.1, 0.15) is 17.3 Å². The summed E-state index contributed by atoms with van der Waals surface area (Å²) in [5, 5.41) is 7.99. The number of nitrogens with two attached hydrogens (primary N) is 1. The second-order valence-corrected chi connectivity index (χ2v) is 8.38. The molecule has 186 valence electrons. The zero-order chi connectivity index (χ0) is 24.8. The van der Waals surface area contributed by atoms with Gasteiger partial charge in [-0.2, -0.15) is 5.10 Å². The molecule has 10 heteroatoms. The first-order chi connectivity index (χ1) is 17.0. The highest BCUT2D eigenvalue weighted by atomic mass is 16.5. The van der Waals surface area contributed by atoms with E-state index < -0.39 is 17.9 Å². The first kappa shape index (κ1) is 24.5. The standard InChI is InChI=1S/C25H31N5O5/c1-33-21-16-18(26)15-19-22(28-30(23(19)21)9-8-29-10-12-35-13-11-29)24(31)27-20(25(32)34-2)14-17-6-4-3-5-7-17/h3-7,15-16,20H,8-14,26H2,1-2H3,(H,27,31). The third-order valence-corrected chi connectivity index (χ3v) is 6.07. The summed E-state index contributed by atoms with van der Waals surface area (Å²) in [7, 11) is 2.86. The lowest BCUT2D eigenvalue weighted by atomic mass is 10.1. The molecular weight excluding hydrogens is 450 g/mol. The summed E-state index contributed by atoms with van der Waals surface area (Å²) < 4.78 is 17.7. The van der Waals surface area contributed by atoms with Crippen LogP contribution in [0.4, 0.5) is 5.69 Å². The van der Waals surface area contributed by atoms with Crippen molar-refractivity contribution >= 4 is 28.5 Å². The molecule has 1 saturated heterocycles. The smallest absolute Gasteiger partial charge is 0.328 e. The van der Waals surface area contributed by atoms with Crippen molar-refractivity contribution in [2.75, 3.05) is 52.8 Å². The number of amides is 1. The summed E-state index contributed by atoms with van der Waals surface area (Å²) in [6, 6.07) is 12.0. The van der Waals surface area contributed by atoms with Crippen LogP contribution in [0.5, 0.6) is 5.75 Å². The van der Waals surface area contributed by atoms with Crippen molar-refractivity contribution in [2.24, 2.45) is 0 Å². The molecule has 2 heterocycles.